The second kappa shape index (κ2) is 6.42. The van der Waals surface area contributed by atoms with E-state index in [0.29, 0.717) is 27.7 Å². The van der Waals surface area contributed by atoms with Crippen molar-refractivity contribution in [2.75, 3.05) is 0 Å². The molecular formula is C17H13Cl2F3N2O. The molecule has 25 heavy (non-hydrogen) atoms. The largest absolute Gasteiger partial charge is 0.573 e. The minimum atomic E-state index is -4.73. The van der Waals surface area contributed by atoms with Crippen LogP contribution in [0.15, 0.2) is 30.5 Å². The topological polar surface area (TPSA) is 27.1 Å². The summed E-state index contributed by atoms with van der Waals surface area (Å²) in [7, 11) is 1.76. The zero-order valence-corrected chi connectivity index (χ0v) is 14.8. The quantitative estimate of drug-likeness (QED) is 0.539. The Hall–Kier alpha value is -1.92. The van der Waals surface area contributed by atoms with Crippen molar-refractivity contribution >= 4 is 34.1 Å². The van der Waals surface area contributed by atoms with Gasteiger partial charge in [-0.1, -0.05) is 23.2 Å². The number of rotatable bonds is 3. The molecule has 3 aromatic rings. The second-order valence-electron chi connectivity index (χ2n) is 5.66. The fourth-order valence-corrected chi connectivity index (χ4v) is 3.15. The third-order valence-corrected chi connectivity index (χ3v) is 4.79. The van der Waals surface area contributed by atoms with Gasteiger partial charge >= 0.3 is 6.36 Å². The molecule has 0 spiro atoms. The number of halogens is 5. The molecule has 0 bridgehead atoms. The van der Waals surface area contributed by atoms with Crippen molar-refractivity contribution in [2.45, 2.75) is 19.7 Å². The average molecular weight is 389 g/mol. The van der Waals surface area contributed by atoms with Crippen LogP contribution in [-0.4, -0.2) is 15.9 Å². The molecular weight excluding hydrogens is 376 g/mol. The lowest BCUT2D eigenvalue weighted by Gasteiger charge is -2.10. The smallest absolute Gasteiger partial charge is 0.406 e. The number of benzene rings is 1. The summed E-state index contributed by atoms with van der Waals surface area (Å²) in [6.45, 7) is 1.83. The Labute approximate surface area is 151 Å². The maximum atomic E-state index is 12.4. The lowest BCUT2D eigenvalue weighted by atomic mass is 10.1. The normalized spacial score (nSPS) is 12.0. The molecule has 1 aromatic carbocycles. The van der Waals surface area contributed by atoms with Crippen LogP contribution in [0.2, 0.25) is 10.2 Å². The first kappa shape index (κ1) is 17.9. The standard InChI is InChI=1S/C17H13Cl2F3N2O/c1-9-8-23-16(19)13(15(9)18)6-11-5-10-3-4-12(25-17(20,21)22)7-14(10)24(11)2/h3-5,7-8H,6H2,1-2H3. The number of nitrogens with zero attached hydrogens (tertiary/aromatic N) is 2. The maximum absolute atomic E-state index is 12.4. The van der Waals surface area contributed by atoms with Crippen LogP contribution in [0.5, 0.6) is 5.75 Å². The molecule has 0 unspecified atom stereocenters. The molecule has 3 rings (SSSR count). The van der Waals surface area contributed by atoms with Crippen LogP contribution in [0.1, 0.15) is 16.8 Å². The highest BCUT2D eigenvalue weighted by atomic mass is 35.5. The summed E-state index contributed by atoms with van der Waals surface area (Å²) in [5, 5.41) is 1.63. The number of aryl methyl sites for hydroxylation is 2. The van der Waals surface area contributed by atoms with Gasteiger partial charge in [-0.05, 0) is 30.7 Å². The van der Waals surface area contributed by atoms with Crippen molar-refractivity contribution in [2.24, 2.45) is 7.05 Å². The van der Waals surface area contributed by atoms with E-state index in [1.807, 2.05) is 13.0 Å². The number of pyridine rings is 1. The Morgan fingerprint density at radius 3 is 2.60 bits per heavy atom. The van der Waals surface area contributed by atoms with Crippen molar-refractivity contribution in [1.82, 2.24) is 9.55 Å². The number of hydrogen-bond acceptors (Lipinski definition) is 2. The molecule has 132 valence electrons. The highest BCUT2D eigenvalue weighted by molar-refractivity contribution is 6.35. The molecule has 0 saturated heterocycles. The summed E-state index contributed by atoms with van der Waals surface area (Å²) < 4.78 is 43.0. The molecule has 0 aliphatic rings. The van der Waals surface area contributed by atoms with Crippen molar-refractivity contribution < 1.29 is 17.9 Å². The third-order valence-electron chi connectivity index (χ3n) is 3.94. The molecule has 0 amide bonds. The number of fused-ring (bicyclic) bond motifs is 1. The van der Waals surface area contributed by atoms with E-state index in [4.69, 9.17) is 23.2 Å². The molecule has 8 heteroatoms. The van der Waals surface area contributed by atoms with Gasteiger partial charge in [0, 0.05) is 42.4 Å². The highest BCUT2D eigenvalue weighted by Gasteiger charge is 2.31. The van der Waals surface area contributed by atoms with E-state index in [2.05, 4.69) is 9.72 Å². The summed E-state index contributed by atoms with van der Waals surface area (Å²) in [5.74, 6) is -0.263. The third kappa shape index (κ3) is 3.70. The van der Waals surface area contributed by atoms with E-state index < -0.39 is 6.36 Å². The zero-order chi connectivity index (χ0) is 18.4. The van der Waals surface area contributed by atoms with E-state index in [1.54, 1.807) is 23.9 Å². The van der Waals surface area contributed by atoms with Crippen LogP contribution < -0.4 is 4.74 Å². The Morgan fingerprint density at radius 1 is 1.20 bits per heavy atom. The molecule has 3 nitrogen and oxygen atoms in total. The predicted octanol–water partition coefficient (Wildman–Crippen LogP) is 5.68. The lowest BCUT2D eigenvalue weighted by molar-refractivity contribution is -0.274. The Bertz CT molecular complexity index is 951. The first-order valence-corrected chi connectivity index (χ1v) is 8.05. The molecule has 0 radical (unpaired) electrons. The summed E-state index contributed by atoms with van der Waals surface area (Å²) in [4.78, 5) is 4.10. The van der Waals surface area contributed by atoms with E-state index in [9.17, 15) is 13.2 Å². The van der Waals surface area contributed by atoms with Crippen LogP contribution in [0, 0.1) is 6.92 Å². The molecule has 0 saturated carbocycles. The van der Waals surface area contributed by atoms with Gasteiger partial charge in [0.2, 0.25) is 0 Å². The summed E-state index contributed by atoms with van der Waals surface area (Å²) in [5.41, 5.74) is 2.95. The van der Waals surface area contributed by atoms with Crippen LogP contribution in [0.25, 0.3) is 10.9 Å². The van der Waals surface area contributed by atoms with Crippen LogP contribution >= 0.6 is 23.2 Å². The van der Waals surface area contributed by atoms with Gasteiger partial charge in [-0.3, -0.25) is 0 Å². The van der Waals surface area contributed by atoms with E-state index >= 15 is 0 Å². The predicted molar refractivity (Wildman–Crippen MR) is 91.4 cm³/mol. The van der Waals surface area contributed by atoms with Gasteiger partial charge in [0.1, 0.15) is 10.9 Å². The second-order valence-corrected chi connectivity index (χ2v) is 6.40. The summed E-state index contributed by atoms with van der Waals surface area (Å²) in [6.07, 6.45) is -2.72. The first-order chi connectivity index (χ1) is 11.7. The fraction of sp³-hybridized carbons (Fsp3) is 0.235. The van der Waals surface area contributed by atoms with Crippen molar-refractivity contribution in [3.8, 4) is 5.75 Å². The Kier molecular flexibility index (Phi) is 4.60. The van der Waals surface area contributed by atoms with Gasteiger partial charge in [-0.15, -0.1) is 13.2 Å². The molecule has 2 heterocycles. The highest BCUT2D eigenvalue weighted by Crippen LogP contribution is 2.32. The molecule has 0 atom stereocenters. The van der Waals surface area contributed by atoms with Gasteiger partial charge in [0.05, 0.1) is 10.5 Å². The van der Waals surface area contributed by atoms with Gasteiger partial charge in [0.15, 0.2) is 0 Å². The minimum Gasteiger partial charge on any atom is -0.406 e. The number of hydrogen-bond donors (Lipinski definition) is 0. The SMILES string of the molecule is Cc1cnc(Cl)c(Cc2cc3ccc(OC(F)(F)F)cc3n2C)c1Cl. The van der Waals surface area contributed by atoms with Gasteiger partial charge < -0.3 is 9.30 Å². The monoisotopic (exact) mass is 388 g/mol. The number of aromatic nitrogens is 2. The van der Waals surface area contributed by atoms with Crippen molar-refractivity contribution in [3.05, 3.63) is 57.5 Å². The lowest BCUT2D eigenvalue weighted by Crippen LogP contribution is -2.17. The van der Waals surface area contributed by atoms with Crippen molar-refractivity contribution in [3.63, 3.8) is 0 Å². The first-order valence-electron chi connectivity index (χ1n) is 7.29. The van der Waals surface area contributed by atoms with Gasteiger partial charge in [-0.2, -0.15) is 0 Å². The van der Waals surface area contributed by atoms with Crippen LogP contribution in [-0.2, 0) is 13.5 Å². The van der Waals surface area contributed by atoms with E-state index in [0.717, 1.165) is 16.6 Å². The maximum Gasteiger partial charge on any atom is 0.573 e. The summed E-state index contributed by atoms with van der Waals surface area (Å²) >= 11 is 12.5. The number of ether oxygens (including phenoxy) is 1. The molecule has 0 aliphatic heterocycles. The van der Waals surface area contributed by atoms with E-state index in [1.165, 1.54) is 12.1 Å². The van der Waals surface area contributed by atoms with Gasteiger partial charge in [-0.25, -0.2) is 4.98 Å². The van der Waals surface area contributed by atoms with Crippen LogP contribution in [0.3, 0.4) is 0 Å². The molecule has 2 aromatic heterocycles. The zero-order valence-electron chi connectivity index (χ0n) is 13.3. The molecule has 0 N–H and O–H groups in total. The fourth-order valence-electron chi connectivity index (χ4n) is 2.68. The van der Waals surface area contributed by atoms with E-state index in [-0.39, 0.29) is 5.75 Å². The summed E-state index contributed by atoms with van der Waals surface area (Å²) in [6, 6.07) is 6.09. The van der Waals surface area contributed by atoms with Crippen molar-refractivity contribution in [1.29, 1.82) is 0 Å². The van der Waals surface area contributed by atoms with Gasteiger partial charge in [0.25, 0.3) is 0 Å². The Balaban J connectivity index is 2.01. The Morgan fingerprint density at radius 2 is 1.92 bits per heavy atom. The minimum absolute atomic E-state index is 0.263. The number of alkyl halides is 3. The van der Waals surface area contributed by atoms with Crippen LogP contribution in [0.4, 0.5) is 13.2 Å². The molecule has 0 fully saturated rings. The average Bonchev–Trinajstić information content (AvgIpc) is 2.82. The molecule has 0 aliphatic carbocycles.